The Labute approximate surface area is 141 Å². The van der Waals surface area contributed by atoms with Crippen molar-refractivity contribution in [2.24, 2.45) is 0 Å². The quantitative estimate of drug-likeness (QED) is 0.785. The summed E-state index contributed by atoms with van der Waals surface area (Å²) in [6.07, 6.45) is 0.269. The molecule has 0 N–H and O–H groups in total. The van der Waals surface area contributed by atoms with E-state index in [4.69, 9.17) is 16.3 Å². The predicted molar refractivity (Wildman–Crippen MR) is 91.6 cm³/mol. The third kappa shape index (κ3) is 3.31. The second-order valence-electron chi connectivity index (χ2n) is 5.83. The minimum Gasteiger partial charge on any atom is -0.372 e. The molecule has 2 atom stereocenters. The first kappa shape index (κ1) is 15.8. The van der Waals surface area contributed by atoms with Crippen LogP contribution in [-0.4, -0.2) is 30.3 Å². The number of nitriles is 1. The number of hydrogen-bond acceptors (Lipinski definition) is 4. The molecule has 4 nitrogen and oxygen atoms in total. The summed E-state index contributed by atoms with van der Waals surface area (Å²) in [5.74, 6) is 0.787. The third-order valence-corrected chi connectivity index (χ3v) is 4.18. The van der Waals surface area contributed by atoms with Gasteiger partial charge in [0.2, 0.25) is 0 Å². The van der Waals surface area contributed by atoms with Crippen LogP contribution < -0.4 is 4.90 Å². The summed E-state index contributed by atoms with van der Waals surface area (Å²) < 4.78 is 5.77. The lowest BCUT2D eigenvalue weighted by Crippen LogP contribution is -2.45. The third-order valence-electron chi connectivity index (χ3n) is 3.90. The minimum absolute atomic E-state index is 0.134. The van der Waals surface area contributed by atoms with Gasteiger partial charge < -0.3 is 9.64 Å². The molecule has 118 valence electrons. The largest absolute Gasteiger partial charge is 0.372 e. The van der Waals surface area contributed by atoms with Crippen LogP contribution in [0.2, 0.25) is 5.15 Å². The van der Waals surface area contributed by atoms with Crippen LogP contribution in [0.25, 0.3) is 11.1 Å². The summed E-state index contributed by atoms with van der Waals surface area (Å²) in [6, 6.07) is 13.9. The Kier molecular flexibility index (Phi) is 4.51. The lowest BCUT2D eigenvalue weighted by atomic mass is 10.0. The van der Waals surface area contributed by atoms with Crippen LogP contribution in [-0.2, 0) is 4.74 Å². The Bertz CT molecular complexity index is 732. The second-order valence-corrected chi connectivity index (χ2v) is 6.19. The normalized spacial score (nSPS) is 21.0. The van der Waals surface area contributed by atoms with Crippen LogP contribution in [0.5, 0.6) is 0 Å². The molecule has 0 aliphatic carbocycles. The van der Waals surface area contributed by atoms with Crippen molar-refractivity contribution in [2.45, 2.75) is 26.1 Å². The number of aromatic nitrogens is 1. The van der Waals surface area contributed by atoms with Crippen molar-refractivity contribution in [3.63, 3.8) is 0 Å². The van der Waals surface area contributed by atoms with Crippen LogP contribution in [0.15, 0.2) is 36.4 Å². The molecule has 2 unspecified atom stereocenters. The monoisotopic (exact) mass is 327 g/mol. The van der Waals surface area contributed by atoms with Crippen LogP contribution in [0, 0.1) is 11.3 Å². The van der Waals surface area contributed by atoms with Gasteiger partial charge in [0.05, 0.1) is 17.8 Å². The molecule has 3 rings (SSSR count). The molecular weight excluding hydrogens is 310 g/mol. The Morgan fingerprint density at radius 1 is 1.22 bits per heavy atom. The first-order chi connectivity index (χ1) is 11.1. The Morgan fingerprint density at radius 3 is 2.48 bits per heavy atom. The van der Waals surface area contributed by atoms with Gasteiger partial charge in [-0.3, -0.25) is 0 Å². The first-order valence-electron chi connectivity index (χ1n) is 7.65. The van der Waals surface area contributed by atoms with Crippen molar-refractivity contribution in [3.8, 4) is 17.2 Å². The van der Waals surface area contributed by atoms with Crippen molar-refractivity contribution < 1.29 is 4.74 Å². The Hall–Kier alpha value is -2.09. The van der Waals surface area contributed by atoms with Crippen molar-refractivity contribution >= 4 is 17.4 Å². The number of hydrogen-bond donors (Lipinski definition) is 0. The summed E-state index contributed by atoms with van der Waals surface area (Å²) in [4.78, 5) is 6.60. The molecule has 1 aliphatic heterocycles. The van der Waals surface area contributed by atoms with Gasteiger partial charge in [-0.05, 0) is 25.5 Å². The highest BCUT2D eigenvalue weighted by molar-refractivity contribution is 6.31. The second kappa shape index (κ2) is 6.57. The molecule has 1 aromatic carbocycles. The molecule has 2 heterocycles. The van der Waals surface area contributed by atoms with Gasteiger partial charge in [0.25, 0.3) is 0 Å². The fraction of sp³-hybridized carbons (Fsp3) is 0.333. The summed E-state index contributed by atoms with van der Waals surface area (Å²) in [7, 11) is 0. The smallest absolute Gasteiger partial charge is 0.149 e. The average Bonchev–Trinajstić information content (AvgIpc) is 2.54. The SMILES string of the molecule is CC1CN(c2cc(-c3ccccc3)c(C#N)c(Cl)n2)CC(C)O1. The van der Waals surface area contributed by atoms with Gasteiger partial charge in [0.1, 0.15) is 17.0 Å². The maximum atomic E-state index is 9.44. The van der Waals surface area contributed by atoms with Gasteiger partial charge >= 0.3 is 0 Å². The molecule has 0 saturated carbocycles. The van der Waals surface area contributed by atoms with E-state index in [0.29, 0.717) is 5.56 Å². The zero-order valence-corrected chi connectivity index (χ0v) is 13.9. The summed E-state index contributed by atoms with van der Waals surface area (Å²) in [5, 5.41) is 9.68. The van der Waals surface area contributed by atoms with Crippen molar-refractivity contribution in [1.82, 2.24) is 4.98 Å². The molecule has 0 bridgehead atoms. The number of rotatable bonds is 2. The van der Waals surface area contributed by atoms with Gasteiger partial charge in [-0.2, -0.15) is 5.26 Å². The van der Waals surface area contributed by atoms with Crippen molar-refractivity contribution in [3.05, 3.63) is 47.1 Å². The highest BCUT2D eigenvalue weighted by Gasteiger charge is 2.25. The number of morpholine rings is 1. The number of nitrogens with zero attached hydrogens (tertiary/aromatic N) is 3. The lowest BCUT2D eigenvalue weighted by Gasteiger charge is -2.36. The van der Waals surface area contributed by atoms with E-state index in [2.05, 4.69) is 16.0 Å². The van der Waals surface area contributed by atoms with E-state index in [9.17, 15) is 5.26 Å². The van der Waals surface area contributed by atoms with Gasteiger partial charge in [-0.1, -0.05) is 41.9 Å². The van der Waals surface area contributed by atoms with E-state index in [1.165, 1.54) is 0 Å². The molecule has 2 aromatic rings. The van der Waals surface area contributed by atoms with E-state index in [1.54, 1.807) is 0 Å². The summed E-state index contributed by atoms with van der Waals surface area (Å²) in [6.45, 7) is 5.61. The minimum atomic E-state index is 0.134. The fourth-order valence-corrected chi connectivity index (χ4v) is 3.21. The van der Waals surface area contributed by atoms with E-state index in [1.807, 2.05) is 50.2 Å². The zero-order valence-electron chi connectivity index (χ0n) is 13.2. The Morgan fingerprint density at radius 2 is 1.87 bits per heavy atom. The number of pyridine rings is 1. The fourth-order valence-electron chi connectivity index (χ4n) is 2.98. The van der Waals surface area contributed by atoms with Gasteiger partial charge in [0, 0.05) is 18.7 Å². The molecule has 5 heteroatoms. The number of anilines is 1. The van der Waals surface area contributed by atoms with Gasteiger partial charge in [-0.25, -0.2) is 4.98 Å². The molecule has 0 amide bonds. The summed E-state index contributed by atoms with van der Waals surface area (Å²) >= 11 is 6.29. The number of halogens is 1. The van der Waals surface area contributed by atoms with Crippen molar-refractivity contribution in [2.75, 3.05) is 18.0 Å². The van der Waals surface area contributed by atoms with Crippen LogP contribution >= 0.6 is 11.6 Å². The zero-order chi connectivity index (χ0) is 16.4. The summed E-state index contributed by atoms with van der Waals surface area (Å²) in [5.41, 5.74) is 2.19. The van der Waals surface area contributed by atoms with Gasteiger partial charge in [0.15, 0.2) is 0 Å². The molecule has 1 saturated heterocycles. The van der Waals surface area contributed by atoms with E-state index in [0.717, 1.165) is 30.0 Å². The van der Waals surface area contributed by atoms with Gasteiger partial charge in [-0.15, -0.1) is 0 Å². The maximum absolute atomic E-state index is 9.44. The van der Waals surface area contributed by atoms with Crippen LogP contribution in [0.4, 0.5) is 5.82 Å². The van der Waals surface area contributed by atoms with Crippen LogP contribution in [0.1, 0.15) is 19.4 Å². The molecule has 0 spiro atoms. The van der Waals surface area contributed by atoms with E-state index in [-0.39, 0.29) is 17.4 Å². The molecule has 0 radical (unpaired) electrons. The molecule has 1 aliphatic rings. The van der Waals surface area contributed by atoms with E-state index < -0.39 is 0 Å². The predicted octanol–water partition coefficient (Wildman–Crippen LogP) is 3.89. The molecule has 23 heavy (non-hydrogen) atoms. The van der Waals surface area contributed by atoms with Crippen LogP contribution in [0.3, 0.4) is 0 Å². The molecular formula is C18H18ClN3O. The number of ether oxygens (including phenoxy) is 1. The average molecular weight is 328 g/mol. The lowest BCUT2D eigenvalue weighted by molar-refractivity contribution is -0.00545. The maximum Gasteiger partial charge on any atom is 0.149 e. The van der Waals surface area contributed by atoms with Crippen molar-refractivity contribution in [1.29, 1.82) is 5.26 Å². The highest BCUT2D eigenvalue weighted by Crippen LogP contribution is 2.32. The topological polar surface area (TPSA) is 49.2 Å². The standard InChI is InChI=1S/C18H18ClN3O/c1-12-10-22(11-13(2)23-12)17-8-15(14-6-4-3-5-7-14)16(9-20)18(19)21-17/h3-8,12-13H,10-11H2,1-2H3. The van der Waals surface area contributed by atoms with E-state index >= 15 is 0 Å². The highest BCUT2D eigenvalue weighted by atomic mass is 35.5. The molecule has 1 fully saturated rings. The Balaban J connectivity index is 2.07. The number of benzene rings is 1. The first-order valence-corrected chi connectivity index (χ1v) is 8.02. The molecule has 1 aromatic heterocycles.